The fourth-order valence-electron chi connectivity index (χ4n) is 0.831. The van der Waals surface area contributed by atoms with Crippen molar-refractivity contribution in [2.45, 2.75) is 12.5 Å². The second-order valence-electron chi connectivity index (χ2n) is 2.64. The second kappa shape index (κ2) is 10.1. The average Bonchev–Trinajstić information content (AvgIpc) is 2.03. The van der Waals surface area contributed by atoms with E-state index in [0.717, 1.165) is 26.2 Å². The Labute approximate surface area is 72.5 Å². The Morgan fingerprint density at radius 3 is 2.18 bits per heavy atom. The predicted octanol–water partition coefficient (Wildman–Crippen LogP) is -1.70. The molecule has 0 unspecified atom stereocenters. The maximum absolute atomic E-state index is 5.31. The van der Waals surface area contributed by atoms with E-state index in [9.17, 15) is 0 Å². The SMILES string of the molecule is NCCNCCNCCC[SiH3]. The summed E-state index contributed by atoms with van der Waals surface area (Å²) in [5.74, 6) is 0. The largest absolute Gasteiger partial charge is 0.329 e. The van der Waals surface area contributed by atoms with E-state index in [0.29, 0.717) is 0 Å². The van der Waals surface area contributed by atoms with Gasteiger partial charge in [-0.05, 0) is 13.0 Å². The van der Waals surface area contributed by atoms with Crippen LogP contribution in [0.15, 0.2) is 0 Å². The molecule has 11 heavy (non-hydrogen) atoms. The van der Waals surface area contributed by atoms with Gasteiger partial charge >= 0.3 is 0 Å². The second-order valence-corrected chi connectivity index (χ2v) is 3.64. The molecule has 0 aromatic carbocycles. The smallest absolute Gasteiger partial charge is 0.00772 e. The first-order valence-corrected chi connectivity index (χ1v) is 5.94. The van der Waals surface area contributed by atoms with Crippen LogP contribution in [0.25, 0.3) is 0 Å². The third-order valence-electron chi connectivity index (χ3n) is 1.51. The highest BCUT2D eigenvalue weighted by molar-refractivity contribution is 6.08. The van der Waals surface area contributed by atoms with Crippen molar-refractivity contribution >= 4 is 10.2 Å². The van der Waals surface area contributed by atoms with Gasteiger partial charge in [0.2, 0.25) is 0 Å². The average molecular weight is 175 g/mol. The lowest BCUT2D eigenvalue weighted by Crippen LogP contribution is -2.31. The van der Waals surface area contributed by atoms with E-state index in [2.05, 4.69) is 10.6 Å². The lowest BCUT2D eigenvalue weighted by molar-refractivity contribution is 0.610. The molecular formula is C7H21N3Si. The van der Waals surface area contributed by atoms with Crippen LogP contribution in [0.1, 0.15) is 6.42 Å². The first-order chi connectivity index (χ1) is 5.41. The van der Waals surface area contributed by atoms with Gasteiger partial charge in [-0.1, -0.05) is 6.04 Å². The highest BCUT2D eigenvalue weighted by Crippen LogP contribution is 1.78. The van der Waals surface area contributed by atoms with E-state index in [1.54, 1.807) is 0 Å². The zero-order valence-corrected chi connectivity index (χ0v) is 9.53. The fourth-order valence-corrected chi connectivity index (χ4v) is 1.18. The van der Waals surface area contributed by atoms with Gasteiger partial charge in [-0.25, -0.2) is 0 Å². The fraction of sp³-hybridized carbons (Fsp3) is 1.00. The Bertz CT molecular complexity index is 62.7. The molecule has 0 aromatic rings. The minimum Gasteiger partial charge on any atom is -0.329 e. The summed E-state index contributed by atoms with van der Waals surface area (Å²) >= 11 is 0. The summed E-state index contributed by atoms with van der Waals surface area (Å²) < 4.78 is 0. The van der Waals surface area contributed by atoms with Crippen LogP contribution in [0, 0.1) is 0 Å². The summed E-state index contributed by atoms with van der Waals surface area (Å²) in [5, 5.41) is 6.60. The molecule has 0 amide bonds. The van der Waals surface area contributed by atoms with E-state index in [4.69, 9.17) is 5.73 Å². The van der Waals surface area contributed by atoms with Crippen molar-refractivity contribution < 1.29 is 0 Å². The number of nitrogens with two attached hydrogens (primary N) is 1. The molecule has 0 aliphatic rings. The number of nitrogens with one attached hydrogen (secondary N) is 2. The molecule has 0 saturated carbocycles. The van der Waals surface area contributed by atoms with Crippen LogP contribution < -0.4 is 16.4 Å². The van der Waals surface area contributed by atoms with Gasteiger partial charge < -0.3 is 16.4 Å². The van der Waals surface area contributed by atoms with Crippen molar-refractivity contribution in [3.8, 4) is 0 Å². The molecule has 0 spiro atoms. The van der Waals surface area contributed by atoms with Crippen LogP contribution in [0.2, 0.25) is 6.04 Å². The molecule has 4 N–H and O–H groups in total. The van der Waals surface area contributed by atoms with Crippen molar-refractivity contribution in [1.29, 1.82) is 0 Å². The van der Waals surface area contributed by atoms with Gasteiger partial charge in [0.25, 0.3) is 0 Å². The quantitative estimate of drug-likeness (QED) is 0.304. The molecule has 0 aromatic heterocycles. The summed E-state index contributed by atoms with van der Waals surface area (Å²) in [6, 6.07) is 1.41. The van der Waals surface area contributed by atoms with Gasteiger partial charge in [0.05, 0.1) is 0 Å². The van der Waals surface area contributed by atoms with E-state index in [1.807, 2.05) is 0 Å². The standard InChI is InChI=1S/C7H21N3Si/c8-2-4-10-6-5-9-3-1-7-11/h9-10H,1-8H2,11H3. The van der Waals surface area contributed by atoms with Crippen molar-refractivity contribution in [3.63, 3.8) is 0 Å². The minimum absolute atomic E-state index is 0.737. The maximum atomic E-state index is 5.31. The first-order valence-electron chi connectivity index (χ1n) is 4.53. The number of hydrogen-bond acceptors (Lipinski definition) is 3. The summed E-state index contributed by atoms with van der Waals surface area (Å²) in [6.45, 7) is 4.95. The zero-order valence-electron chi connectivity index (χ0n) is 7.53. The molecule has 0 radical (unpaired) electrons. The molecule has 0 fully saturated rings. The summed E-state index contributed by atoms with van der Waals surface area (Å²) in [6.07, 6.45) is 1.34. The molecule has 0 aliphatic carbocycles. The molecule has 0 aliphatic heterocycles. The van der Waals surface area contributed by atoms with Crippen LogP contribution in [0.5, 0.6) is 0 Å². The molecule has 3 nitrogen and oxygen atoms in total. The minimum atomic E-state index is 0.737. The molecular weight excluding hydrogens is 154 g/mol. The van der Waals surface area contributed by atoms with E-state index >= 15 is 0 Å². The molecule has 0 atom stereocenters. The topological polar surface area (TPSA) is 50.1 Å². The summed E-state index contributed by atoms with van der Waals surface area (Å²) in [5.41, 5.74) is 5.31. The highest BCUT2D eigenvalue weighted by atomic mass is 28.1. The first kappa shape index (κ1) is 11.1. The monoisotopic (exact) mass is 175 g/mol. The zero-order chi connectivity index (χ0) is 8.36. The van der Waals surface area contributed by atoms with Crippen molar-refractivity contribution in [2.75, 3.05) is 32.7 Å². The molecule has 0 rings (SSSR count). The van der Waals surface area contributed by atoms with Crippen LogP contribution >= 0.6 is 0 Å². The molecule has 0 bridgehead atoms. The third-order valence-corrected chi connectivity index (χ3v) is 2.21. The Kier molecular flexibility index (Phi) is 10.2. The van der Waals surface area contributed by atoms with Gasteiger partial charge in [-0.3, -0.25) is 0 Å². The Hall–Kier alpha value is 0.0969. The van der Waals surface area contributed by atoms with Crippen LogP contribution in [0.3, 0.4) is 0 Å². The van der Waals surface area contributed by atoms with E-state index in [-0.39, 0.29) is 0 Å². The third kappa shape index (κ3) is 10.1. The molecule has 68 valence electrons. The maximum Gasteiger partial charge on any atom is 0.00772 e. The van der Waals surface area contributed by atoms with Crippen LogP contribution in [0.4, 0.5) is 0 Å². The van der Waals surface area contributed by atoms with Gasteiger partial charge in [0, 0.05) is 36.4 Å². The molecule has 4 heteroatoms. The highest BCUT2D eigenvalue weighted by Gasteiger charge is 1.85. The normalized spacial score (nSPS) is 10.6. The Balaban J connectivity index is 2.69. The van der Waals surface area contributed by atoms with Crippen molar-refractivity contribution in [2.24, 2.45) is 5.73 Å². The van der Waals surface area contributed by atoms with Crippen LogP contribution in [-0.2, 0) is 0 Å². The lowest BCUT2D eigenvalue weighted by Gasteiger charge is -2.04. The number of hydrogen-bond donors (Lipinski definition) is 3. The van der Waals surface area contributed by atoms with Crippen LogP contribution in [-0.4, -0.2) is 43.0 Å². The predicted molar refractivity (Wildman–Crippen MR) is 54.2 cm³/mol. The number of rotatable bonds is 8. The van der Waals surface area contributed by atoms with Gasteiger partial charge in [0.15, 0.2) is 0 Å². The van der Waals surface area contributed by atoms with Gasteiger partial charge in [-0.2, -0.15) is 0 Å². The summed E-state index contributed by atoms with van der Waals surface area (Å²) in [4.78, 5) is 0. The molecule has 0 heterocycles. The Morgan fingerprint density at radius 1 is 1.00 bits per heavy atom. The van der Waals surface area contributed by atoms with Gasteiger partial charge in [-0.15, -0.1) is 0 Å². The van der Waals surface area contributed by atoms with E-state index < -0.39 is 0 Å². The van der Waals surface area contributed by atoms with E-state index in [1.165, 1.54) is 29.3 Å². The Morgan fingerprint density at radius 2 is 1.64 bits per heavy atom. The van der Waals surface area contributed by atoms with Crippen molar-refractivity contribution in [3.05, 3.63) is 0 Å². The molecule has 0 saturated heterocycles. The summed E-state index contributed by atoms with van der Waals surface area (Å²) in [7, 11) is 1.34. The lowest BCUT2D eigenvalue weighted by atomic mass is 10.4. The van der Waals surface area contributed by atoms with Gasteiger partial charge in [0.1, 0.15) is 0 Å². The van der Waals surface area contributed by atoms with Crippen molar-refractivity contribution in [1.82, 2.24) is 10.6 Å².